The predicted molar refractivity (Wildman–Crippen MR) is 96.8 cm³/mol. The summed E-state index contributed by atoms with van der Waals surface area (Å²) in [4.78, 5) is 16.9. The lowest BCUT2D eigenvalue weighted by molar-refractivity contribution is -0.134. The Kier molecular flexibility index (Phi) is 5.07. The summed E-state index contributed by atoms with van der Waals surface area (Å²) < 4.78 is 20.7. The molecule has 3 heterocycles. The SMILES string of the molecule is CN1CCc2nnc([C@@H]3CCCN3C(=O)COc3ccc(F)cc3)n2CC1. The summed E-state index contributed by atoms with van der Waals surface area (Å²) in [7, 11) is 2.11. The van der Waals surface area contributed by atoms with Crippen LogP contribution in [-0.2, 0) is 17.8 Å². The summed E-state index contributed by atoms with van der Waals surface area (Å²) >= 11 is 0. The van der Waals surface area contributed by atoms with Gasteiger partial charge in [0.25, 0.3) is 5.91 Å². The Labute approximate surface area is 157 Å². The zero-order valence-electron chi connectivity index (χ0n) is 15.5. The number of likely N-dealkylation sites (N-methyl/N-ethyl adjacent to an activating group) is 1. The summed E-state index contributed by atoms with van der Waals surface area (Å²) in [6.45, 7) is 3.40. The lowest BCUT2D eigenvalue weighted by Crippen LogP contribution is -2.35. The van der Waals surface area contributed by atoms with E-state index in [9.17, 15) is 9.18 Å². The van der Waals surface area contributed by atoms with E-state index >= 15 is 0 Å². The standard InChI is InChI=1S/C19H24FN5O2/c1-23-10-8-17-21-22-19(25(17)12-11-23)16-3-2-9-24(16)18(26)13-27-15-6-4-14(20)5-7-15/h4-7,16H,2-3,8-13H2,1H3/t16-/m0/s1. The Hall–Kier alpha value is -2.48. The summed E-state index contributed by atoms with van der Waals surface area (Å²) in [6, 6.07) is 5.64. The van der Waals surface area contributed by atoms with Gasteiger partial charge in [0.15, 0.2) is 12.4 Å². The van der Waals surface area contributed by atoms with E-state index in [1.165, 1.54) is 24.3 Å². The number of nitrogens with zero attached hydrogens (tertiary/aromatic N) is 5. The highest BCUT2D eigenvalue weighted by Gasteiger charge is 2.34. The average molecular weight is 373 g/mol. The van der Waals surface area contributed by atoms with Crippen molar-refractivity contribution >= 4 is 5.91 Å². The van der Waals surface area contributed by atoms with Crippen LogP contribution in [0.3, 0.4) is 0 Å². The zero-order valence-corrected chi connectivity index (χ0v) is 15.5. The Bertz CT molecular complexity index is 807. The molecule has 0 unspecified atom stereocenters. The van der Waals surface area contributed by atoms with E-state index in [-0.39, 0.29) is 24.4 Å². The van der Waals surface area contributed by atoms with Gasteiger partial charge in [-0.05, 0) is 44.2 Å². The van der Waals surface area contributed by atoms with Crippen LogP contribution in [0.15, 0.2) is 24.3 Å². The van der Waals surface area contributed by atoms with Gasteiger partial charge in [0.1, 0.15) is 17.4 Å². The van der Waals surface area contributed by atoms with Gasteiger partial charge in [-0.15, -0.1) is 10.2 Å². The summed E-state index contributed by atoms with van der Waals surface area (Å²) in [5.41, 5.74) is 0. The third-order valence-corrected chi connectivity index (χ3v) is 5.33. The number of benzene rings is 1. The number of aromatic nitrogens is 3. The number of fused-ring (bicyclic) bond motifs is 1. The first-order chi connectivity index (χ1) is 13.1. The van der Waals surface area contributed by atoms with E-state index in [1.807, 2.05) is 4.90 Å². The number of halogens is 1. The normalized spacial score (nSPS) is 20.4. The molecule has 1 fully saturated rings. The number of ether oxygens (including phenoxy) is 1. The smallest absolute Gasteiger partial charge is 0.261 e. The maximum Gasteiger partial charge on any atom is 0.261 e. The number of amides is 1. The van der Waals surface area contributed by atoms with Crippen LogP contribution >= 0.6 is 0 Å². The van der Waals surface area contributed by atoms with Crippen molar-refractivity contribution in [1.29, 1.82) is 0 Å². The molecule has 0 aliphatic carbocycles. The van der Waals surface area contributed by atoms with E-state index in [0.29, 0.717) is 12.3 Å². The fourth-order valence-electron chi connectivity index (χ4n) is 3.79. The van der Waals surface area contributed by atoms with Gasteiger partial charge in [0.2, 0.25) is 0 Å². The molecule has 7 nitrogen and oxygen atoms in total. The number of rotatable bonds is 4. The Morgan fingerprint density at radius 1 is 1.19 bits per heavy atom. The van der Waals surface area contributed by atoms with Gasteiger partial charge in [-0.1, -0.05) is 0 Å². The van der Waals surface area contributed by atoms with E-state index in [2.05, 4.69) is 26.7 Å². The van der Waals surface area contributed by atoms with Crippen molar-refractivity contribution < 1.29 is 13.9 Å². The highest BCUT2D eigenvalue weighted by atomic mass is 19.1. The molecule has 2 aliphatic heterocycles. The van der Waals surface area contributed by atoms with Gasteiger partial charge in [-0.3, -0.25) is 4.79 Å². The topological polar surface area (TPSA) is 63.5 Å². The lowest BCUT2D eigenvalue weighted by atomic mass is 10.2. The van der Waals surface area contributed by atoms with Crippen LogP contribution in [0.4, 0.5) is 4.39 Å². The van der Waals surface area contributed by atoms with Gasteiger partial charge in [0.05, 0.1) is 6.04 Å². The van der Waals surface area contributed by atoms with Crippen molar-refractivity contribution in [2.24, 2.45) is 0 Å². The minimum absolute atomic E-state index is 0.0565. The molecule has 0 N–H and O–H groups in total. The van der Waals surface area contributed by atoms with Gasteiger partial charge in [-0.2, -0.15) is 0 Å². The van der Waals surface area contributed by atoms with E-state index in [4.69, 9.17) is 4.74 Å². The molecule has 2 aliphatic rings. The molecule has 0 spiro atoms. The number of carbonyl (C=O) groups is 1. The van der Waals surface area contributed by atoms with E-state index < -0.39 is 0 Å². The monoisotopic (exact) mass is 373 g/mol. The molecule has 1 atom stereocenters. The highest BCUT2D eigenvalue weighted by molar-refractivity contribution is 5.78. The van der Waals surface area contributed by atoms with Crippen LogP contribution in [0, 0.1) is 5.82 Å². The molecular formula is C19H24FN5O2. The van der Waals surface area contributed by atoms with Crippen molar-refractivity contribution in [3.8, 4) is 5.75 Å². The maximum atomic E-state index is 13.0. The average Bonchev–Trinajstić information content (AvgIpc) is 3.26. The molecular weight excluding hydrogens is 349 g/mol. The van der Waals surface area contributed by atoms with Gasteiger partial charge in [0, 0.05) is 32.6 Å². The molecule has 27 heavy (non-hydrogen) atoms. The Morgan fingerprint density at radius 3 is 2.81 bits per heavy atom. The summed E-state index contributed by atoms with van der Waals surface area (Å²) in [6.07, 6.45) is 2.70. The Balaban J connectivity index is 1.45. The van der Waals surface area contributed by atoms with E-state index in [0.717, 1.165) is 50.5 Å². The third-order valence-electron chi connectivity index (χ3n) is 5.33. The van der Waals surface area contributed by atoms with E-state index in [1.54, 1.807) is 0 Å². The fourth-order valence-corrected chi connectivity index (χ4v) is 3.79. The summed E-state index contributed by atoms with van der Waals surface area (Å²) in [5, 5.41) is 8.80. The molecule has 144 valence electrons. The number of likely N-dealkylation sites (tertiary alicyclic amines) is 1. The second-order valence-corrected chi connectivity index (χ2v) is 7.17. The molecule has 4 rings (SSSR count). The number of hydrogen-bond donors (Lipinski definition) is 0. The molecule has 1 saturated heterocycles. The van der Waals surface area contributed by atoms with Crippen molar-refractivity contribution in [1.82, 2.24) is 24.6 Å². The second kappa shape index (κ2) is 7.64. The predicted octanol–water partition coefficient (Wildman–Crippen LogP) is 1.65. The molecule has 0 saturated carbocycles. The van der Waals surface area contributed by atoms with Crippen LogP contribution < -0.4 is 4.74 Å². The molecule has 1 aromatic heterocycles. The molecule has 0 radical (unpaired) electrons. The van der Waals surface area contributed by atoms with Gasteiger partial charge < -0.3 is 19.1 Å². The van der Waals surface area contributed by atoms with Crippen LogP contribution in [0.25, 0.3) is 0 Å². The second-order valence-electron chi connectivity index (χ2n) is 7.17. The quantitative estimate of drug-likeness (QED) is 0.815. The Morgan fingerprint density at radius 2 is 2.00 bits per heavy atom. The molecule has 1 aromatic carbocycles. The molecule has 8 heteroatoms. The van der Waals surface area contributed by atoms with Crippen LogP contribution in [0.5, 0.6) is 5.75 Å². The number of hydrogen-bond acceptors (Lipinski definition) is 5. The molecule has 1 amide bonds. The third kappa shape index (κ3) is 3.80. The first kappa shape index (κ1) is 17.9. The van der Waals surface area contributed by atoms with Crippen molar-refractivity contribution in [2.75, 3.05) is 33.3 Å². The molecule has 0 bridgehead atoms. The van der Waals surface area contributed by atoms with Crippen LogP contribution in [0.2, 0.25) is 0 Å². The largest absolute Gasteiger partial charge is 0.484 e. The first-order valence-electron chi connectivity index (χ1n) is 9.40. The first-order valence-corrected chi connectivity index (χ1v) is 9.40. The lowest BCUT2D eigenvalue weighted by Gasteiger charge is -2.25. The van der Waals surface area contributed by atoms with Gasteiger partial charge >= 0.3 is 0 Å². The molecule has 2 aromatic rings. The van der Waals surface area contributed by atoms with Gasteiger partial charge in [-0.25, -0.2) is 4.39 Å². The van der Waals surface area contributed by atoms with Crippen LogP contribution in [-0.4, -0.2) is 63.8 Å². The maximum absolute atomic E-state index is 13.0. The van der Waals surface area contributed by atoms with Crippen molar-refractivity contribution in [3.05, 3.63) is 41.7 Å². The number of carbonyl (C=O) groups excluding carboxylic acids is 1. The highest BCUT2D eigenvalue weighted by Crippen LogP contribution is 2.31. The fraction of sp³-hybridized carbons (Fsp3) is 0.526. The zero-order chi connectivity index (χ0) is 18.8. The van der Waals surface area contributed by atoms with Crippen LogP contribution in [0.1, 0.15) is 30.5 Å². The summed E-state index contributed by atoms with van der Waals surface area (Å²) in [5.74, 6) is 1.96. The van der Waals surface area contributed by atoms with Crippen molar-refractivity contribution in [2.45, 2.75) is 31.8 Å². The van der Waals surface area contributed by atoms with Crippen molar-refractivity contribution in [3.63, 3.8) is 0 Å². The minimum atomic E-state index is -0.327. The minimum Gasteiger partial charge on any atom is -0.484 e.